The Morgan fingerprint density at radius 1 is 1.33 bits per heavy atom. The highest BCUT2D eigenvalue weighted by Gasteiger charge is 2.31. The third kappa shape index (κ3) is 2.82. The number of aliphatic hydroxyl groups is 4. The van der Waals surface area contributed by atoms with Crippen molar-refractivity contribution >= 4 is 6.29 Å². The van der Waals surface area contributed by atoms with Gasteiger partial charge in [0.05, 0.1) is 6.61 Å². The maximum Gasteiger partial charge on any atom is 0.161 e. The molecule has 0 aromatic rings. The smallest absolute Gasteiger partial charge is 0.161 e. The van der Waals surface area contributed by atoms with Crippen LogP contribution in [0.1, 0.15) is 0 Å². The van der Waals surface area contributed by atoms with E-state index in [4.69, 9.17) is 20.4 Å². The van der Waals surface area contributed by atoms with E-state index in [0.29, 0.717) is 0 Å². The number of hydrogen-bond acceptors (Lipinski definition) is 5. The minimum atomic E-state index is -2.29. The zero-order chi connectivity index (χ0) is 9.72. The van der Waals surface area contributed by atoms with E-state index in [1.165, 1.54) is 0 Å². The summed E-state index contributed by atoms with van der Waals surface area (Å²) in [4.78, 5) is 9.82. The number of halogens is 1. The molecule has 4 atom stereocenters. The van der Waals surface area contributed by atoms with Gasteiger partial charge < -0.3 is 25.2 Å². The van der Waals surface area contributed by atoms with Gasteiger partial charge in [0.25, 0.3) is 0 Å². The van der Waals surface area contributed by atoms with Gasteiger partial charge in [0.2, 0.25) is 0 Å². The van der Waals surface area contributed by atoms with Gasteiger partial charge in [0.15, 0.2) is 12.5 Å². The van der Waals surface area contributed by atoms with Crippen LogP contribution in [0, 0.1) is 0 Å². The molecule has 0 radical (unpaired) electrons. The van der Waals surface area contributed by atoms with Crippen LogP contribution in [-0.4, -0.2) is 57.8 Å². The maximum atomic E-state index is 12.6. The first-order valence-electron chi connectivity index (χ1n) is 3.29. The Hall–Kier alpha value is -0.560. The molecule has 4 N–H and O–H groups in total. The Morgan fingerprint density at radius 2 is 1.83 bits per heavy atom. The average molecular weight is 182 g/mol. The van der Waals surface area contributed by atoms with Crippen molar-refractivity contribution in [3.63, 3.8) is 0 Å². The van der Waals surface area contributed by atoms with Crippen molar-refractivity contribution in [1.29, 1.82) is 0 Å². The maximum absolute atomic E-state index is 12.6. The van der Waals surface area contributed by atoms with Crippen LogP contribution in [-0.2, 0) is 4.79 Å². The molecule has 0 aliphatic rings. The van der Waals surface area contributed by atoms with Crippen molar-refractivity contribution in [1.82, 2.24) is 0 Å². The molecule has 0 aromatic carbocycles. The second-order valence-corrected chi connectivity index (χ2v) is 2.31. The summed E-state index contributed by atoms with van der Waals surface area (Å²) in [5, 5.41) is 34.3. The first kappa shape index (κ1) is 11.4. The molecule has 0 saturated carbocycles. The molecule has 0 fully saturated rings. The van der Waals surface area contributed by atoms with Gasteiger partial charge in [-0.1, -0.05) is 0 Å². The lowest BCUT2D eigenvalue weighted by atomic mass is 10.1. The standard InChI is InChI=1S/C6H11FO5/c7-5(3(10)1-8)6(12)4(11)2-9/h1,3-6,9-12H,2H2. The largest absolute Gasteiger partial charge is 0.394 e. The fourth-order valence-corrected chi connectivity index (χ4v) is 0.597. The summed E-state index contributed by atoms with van der Waals surface area (Å²) in [6, 6.07) is 0. The average Bonchev–Trinajstić information content (AvgIpc) is 2.12. The molecule has 12 heavy (non-hydrogen) atoms. The molecule has 72 valence electrons. The summed E-state index contributed by atoms with van der Waals surface area (Å²) in [5.74, 6) is 0. The fraction of sp³-hybridized carbons (Fsp3) is 0.833. The van der Waals surface area contributed by atoms with Crippen LogP contribution in [0.3, 0.4) is 0 Å². The van der Waals surface area contributed by atoms with E-state index in [2.05, 4.69) is 0 Å². The van der Waals surface area contributed by atoms with E-state index >= 15 is 0 Å². The molecule has 0 saturated heterocycles. The van der Waals surface area contributed by atoms with Crippen molar-refractivity contribution in [3.8, 4) is 0 Å². The summed E-state index contributed by atoms with van der Waals surface area (Å²) in [6.45, 7) is -0.840. The van der Waals surface area contributed by atoms with E-state index in [0.717, 1.165) is 0 Å². The highest BCUT2D eigenvalue weighted by atomic mass is 19.1. The van der Waals surface area contributed by atoms with Gasteiger partial charge in [-0.25, -0.2) is 4.39 Å². The quantitative estimate of drug-likeness (QED) is 0.355. The monoisotopic (exact) mass is 182 g/mol. The van der Waals surface area contributed by atoms with Crippen LogP contribution >= 0.6 is 0 Å². The molecule has 0 heterocycles. The Kier molecular flexibility index (Phi) is 4.91. The van der Waals surface area contributed by atoms with Gasteiger partial charge in [-0.3, -0.25) is 0 Å². The Balaban J connectivity index is 4.07. The molecular formula is C6H11FO5. The molecule has 0 bridgehead atoms. The molecule has 0 aromatic heterocycles. The molecule has 0 aliphatic heterocycles. The van der Waals surface area contributed by atoms with Gasteiger partial charge in [-0.05, 0) is 0 Å². The summed E-state index contributed by atoms with van der Waals surface area (Å²) in [6.07, 6.45) is -8.03. The minimum absolute atomic E-state index is 0.0992. The van der Waals surface area contributed by atoms with Crippen molar-refractivity contribution in [2.24, 2.45) is 0 Å². The van der Waals surface area contributed by atoms with Gasteiger partial charge in [-0.2, -0.15) is 0 Å². The van der Waals surface area contributed by atoms with E-state index in [-0.39, 0.29) is 6.29 Å². The third-order valence-corrected chi connectivity index (χ3v) is 1.37. The van der Waals surface area contributed by atoms with E-state index < -0.39 is 31.1 Å². The van der Waals surface area contributed by atoms with E-state index in [1.54, 1.807) is 0 Å². The zero-order valence-electron chi connectivity index (χ0n) is 6.17. The molecule has 5 nitrogen and oxygen atoms in total. The molecular weight excluding hydrogens is 171 g/mol. The Labute approximate surface area is 68.1 Å². The summed E-state index contributed by atoms with van der Waals surface area (Å²) >= 11 is 0. The van der Waals surface area contributed by atoms with Crippen LogP contribution in [0.15, 0.2) is 0 Å². The molecule has 0 rings (SSSR count). The normalized spacial score (nSPS) is 21.1. The first-order chi connectivity index (χ1) is 5.54. The zero-order valence-corrected chi connectivity index (χ0v) is 6.17. The first-order valence-corrected chi connectivity index (χ1v) is 3.29. The number of hydrogen-bond donors (Lipinski definition) is 4. The lowest BCUT2D eigenvalue weighted by Crippen LogP contribution is -2.43. The van der Waals surface area contributed by atoms with Crippen molar-refractivity contribution in [2.45, 2.75) is 24.5 Å². The lowest BCUT2D eigenvalue weighted by Gasteiger charge is -2.20. The minimum Gasteiger partial charge on any atom is -0.394 e. The summed E-state index contributed by atoms with van der Waals surface area (Å²) in [5.41, 5.74) is 0. The summed E-state index contributed by atoms with van der Waals surface area (Å²) < 4.78 is 12.6. The fourth-order valence-electron chi connectivity index (χ4n) is 0.597. The van der Waals surface area contributed by atoms with Gasteiger partial charge in [0.1, 0.15) is 18.3 Å². The SMILES string of the molecule is O=CC(O)C(F)C(O)C(O)CO. The molecule has 0 amide bonds. The van der Waals surface area contributed by atoms with Crippen LogP contribution in [0.2, 0.25) is 0 Å². The van der Waals surface area contributed by atoms with Crippen LogP contribution in [0.4, 0.5) is 4.39 Å². The predicted octanol–water partition coefficient (Wildman–Crippen LogP) is -2.40. The van der Waals surface area contributed by atoms with Crippen LogP contribution < -0.4 is 0 Å². The summed E-state index contributed by atoms with van der Waals surface area (Å²) in [7, 11) is 0. The van der Waals surface area contributed by atoms with Gasteiger partial charge >= 0.3 is 0 Å². The van der Waals surface area contributed by atoms with Crippen molar-refractivity contribution < 1.29 is 29.6 Å². The van der Waals surface area contributed by atoms with Crippen molar-refractivity contribution in [3.05, 3.63) is 0 Å². The Morgan fingerprint density at radius 3 is 2.17 bits per heavy atom. The number of rotatable bonds is 5. The number of carbonyl (C=O) groups excluding carboxylic acids is 1. The highest BCUT2D eigenvalue weighted by Crippen LogP contribution is 2.07. The van der Waals surface area contributed by atoms with E-state index in [1.807, 2.05) is 0 Å². The molecule has 0 spiro atoms. The van der Waals surface area contributed by atoms with Crippen molar-refractivity contribution in [2.75, 3.05) is 6.61 Å². The molecule has 0 aliphatic carbocycles. The molecule has 4 unspecified atom stereocenters. The van der Waals surface area contributed by atoms with Crippen LogP contribution in [0.25, 0.3) is 0 Å². The van der Waals surface area contributed by atoms with E-state index in [9.17, 15) is 9.18 Å². The Bertz CT molecular complexity index is 142. The second-order valence-electron chi connectivity index (χ2n) is 2.31. The number of alkyl halides is 1. The molecule has 6 heteroatoms. The lowest BCUT2D eigenvalue weighted by molar-refractivity contribution is -0.126. The predicted molar refractivity (Wildman–Crippen MR) is 36.1 cm³/mol. The topological polar surface area (TPSA) is 98.0 Å². The third-order valence-electron chi connectivity index (χ3n) is 1.37. The number of aliphatic hydroxyl groups excluding tert-OH is 4. The highest BCUT2D eigenvalue weighted by molar-refractivity contribution is 5.56. The number of carbonyl (C=O) groups is 1. The second kappa shape index (κ2) is 5.15. The van der Waals surface area contributed by atoms with Crippen LogP contribution in [0.5, 0.6) is 0 Å². The van der Waals surface area contributed by atoms with Gasteiger partial charge in [0, 0.05) is 0 Å². The van der Waals surface area contributed by atoms with Gasteiger partial charge in [-0.15, -0.1) is 0 Å². The number of aldehydes is 1.